The number of hydrogen-bond donors (Lipinski definition) is 0. The van der Waals surface area contributed by atoms with Crippen LogP contribution < -0.4 is 0 Å². The predicted molar refractivity (Wildman–Crippen MR) is 71.2 cm³/mol. The van der Waals surface area contributed by atoms with Gasteiger partial charge in [0.2, 0.25) is 5.91 Å². The molecule has 2 rings (SSSR count). The first-order valence-electron chi connectivity index (χ1n) is 6.50. The van der Waals surface area contributed by atoms with Gasteiger partial charge in [-0.05, 0) is 50.7 Å². The van der Waals surface area contributed by atoms with E-state index in [1.165, 1.54) is 0 Å². The highest BCUT2D eigenvalue weighted by atomic mass is 16.2. The van der Waals surface area contributed by atoms with Crippen LogP contribution in [0.25, 0.3) is 0 Å². The van der Waals surface area contributed by atoms with Crippen LogP contribution in [0.15, 0.2) is 24.5 Å². The van der Waals surface area contributed by atoms with Crippen LogP contribution in [-0.4, -0.2) is 53.9 Å². The summed E-state index contributed by atoms with van der Waals surface area (Å²) in [5.74, 6) is 0.204. The molecule has 1 aliphatic rings. The maximum absolute atomic E-state index is 12.2. The highest BCUT2D eigenvalue weighted by Gasteiger charge is 2.23. The van der Waals surface area contributed by atoms with Crippen LogP contribution in [0.5, 0.6) is 0 Å². The van der Waals surface area contributed by atoms with Gasteiger partial charge in [0, 0.05) is 25.5 Å². The zero-order valence-corrected chi connectivity index (χ0v) is 11.2. The molecule has 4 nitrogen and oxygen atoms in total. The van der Waals surface area contributed by atoms with Gasteiger partial charge in [-0.2, -0.15) is 0 Å². The van der Waals surface area contributed by atoms with E-state index in [4.69, 9.17) is 0 Å². The van der Waals surface area contributed by atoms with E-state index in [1.54, 1.807) is 12.4 Å². The van der Waals surface area contributed by atoms with Crippen LogP contribution in [0.2, 0.25) is 0 Å². The van der Waals surface area contributed by atoms with Gasteiger partial charge in [0.1, 0.15) is 0 Å². The third-order valence-corrected chi connectivity index (χ3v) is 3.73. The van der Waals surface area contributed by atoms with Crippen molar-refractivity contribution in [3.05, 3.63) is 30.1 Å². The van der Waals surface area contributed by atoms with E-state index in [2.05, 4.69) is 16.9 Å². The van der Waals surface area contributed by atoms with E-state index in [1.807, 2.05) is 24.1 Å². The molecule has 0 spiro atoms. The average molecular weight is 247 g/mol. The van der Waals surface area contributed by atoms with Crippen molar-refractivity contribution in [3.8, 4) is 0 Å². The lowest BCUT2D eigenvalue weighted by Crippen LogP contribution is -2.44. The van der Waals surface area contributed by atoms with Crippen LogP contribution in [0.4, 0.5) is 0 Å². The minimum absolute atomic E-state index is 0.204. The normalized spacial score (nSPS) is 17.7. The molecule has 0 saturated carbocycles. The number of carbonyl (C=O) groups is 1. The van der Waals surface area contributed by atoms with Gasteiger partial charge in [-0.15, -0.1) is 0 Å². The summed E-state index contributed by atoms with van der Waals surface area (Å²) < 4.78 is 0. The number of pyridine rings is 1. The topological polar surface area (TPSA) is 36.4 Å². The second-order valence-electron chi connectivity index (χ2n) is 5.07. The van der Waals surface area contributed by atoms with Crippen molar-refractivity contribution in [1.82, 2.24) is 14.8 Å². The standard InChI is InChI=1S/C14H21N3O/c1-16-9-5-13(6-10-16)17(2)14(18)11-12-3-7-15-8-4-12/h3-4,7-8,13H,5-6,9-11H2,1-2H3. The number of likely N-dealkylation sites (tertiary alicyclic amines) is 1. The third kappa shape index (κ3) is 3.29. The minimum atomic E-state index is 0.204. The third-order valence-electron chi connectivity index (χ3n) is 3.73. The van der Waals surface area contributed by atoms with Crippen molar-refractivity contribution < 1.29 is 4.79 Å². The molecule has 0 radical (unpaired) electrons. The smallest absolute Gasteiger partial charge is 0.226 e. The molecule has 1 aromatic rings. The summed E-state index contributed by atoms with van der Waals surface area (Å²) in [7, 11) is 4.06. The van der Waals surface area contributed by atoms with Gasteiger partial charge in [-0.3, -0.25) is 9.78 Å². The molecule has 18 heavy (non-hydrogen) atoms. The lowest BCUT2D eigenvalue weighted by molar-refractivity contribution is -0.132. The highest BCUT2D eigenvalue weighted by Crippen LogP contribution is 2.15. The highest BCUT2D eigenvalue weighted by molar-refractivity contribution is 5.78. The molecule has 0 unspecified atom stereocenters. The molecule has 0 atom stereocenters. The lowest BCUT2D eigenvalue weighted by atomic mass is 10.0. The molecular weight excluding hydrogens is 226 g/mol. The number of amides is 1. The summed E-state index contributed by atoms with van der Waals surface area (Å²) in [6, 6.07) is 4.20. The van der Waals surface area contributed by atoms with Gasteiger partial charge >= 0.3 is 0 Å². The van der Waals surface area contributed by atoms with Crippen LogP contribution >= 0.6 is 0 Å². The number of carbonyl (C=O) groups excluding carboxylic acids is 1. The van der Waals surface area contributed by atoms with E-state index in [9.17, 15) is 4.79 Å². The Bertz CT molecular complexity index is 385. The first-order valence-corrected chi connectivity index (χ1v) is 6.50. The van der Waals surface area contributed by atoms with E-state index >= 15 is 0 Å². The van der Waals surface area contributed by atoms with Crippen molar-refractivity contribution in [2.24, 2.45) is 0 Å². The first-order chi connectivity index (χ1) is 8.66. The Morgan fingerprint density at radius 2 is 2.00 bits per heavy atom. The fourth-order valence-corrected chi connectivity index (χ4v) is 2.39. The van der Waals surface area contributed by atoms with Crippen LogP contribution in [0.1, 0.15) is 18.4 Å². The van der Waals surface area contributed by atoms with Crippen molar-refractivity contribution >= 4 is 5.91 Å². The minimum Gasteiger partial charge on any atom is -0.342 e. The Morgan fingerprint density at radius 3 is 2.61 bits per heavy atom. The Hall–Kier alpha value is -1.42. The molecule has 0 N–H and O–H groups in total. The zero-order valence-electron chi connectivity index (χ0n) is 11.2. The molecule has 1 aromatic heterocycles. The number of nitrogens with zero attached hydrogens (tertiary/aromatic N) is 3. The van der Waals surface area contributed by atoms with Gasteiger partial charge < -0.3 is 9.80 Å². The number of aromatic nitrogens is 1. The zero-order chi connectivity index (χ0) is 13.0. The van der Waals surface area contributed by atoms with Crippen LogP contribution in [-0.2, 0) is 11.2 Å². The molecule has 4 heteroatoms. The molecule has 1 fully saturated rings. The largest absolute Gasteiger partial charge is 0.342 e. The van der Waals surface area contributed by atoms with Crippen molar-refractivity contribution in [3.63, 3.8) is 0 Å². The Kier molecular flexibility index (Phi) is 4.31. The summed E-state index contributed by atoms with van der Waals surface area (Å²) in [6.45, 7) is 2.16. The second kappa shape index (κ2) is 5.96. The van der Waals surface area contributed by atoms with E-state index in [0.717, 1.165) is 31.5 Å². The summed E-state index contributed by atoms with van der Waals surface area (Å²) in [5.41, 5.74) is 1.04. The lowest BCUT2D eigenvalue weighted by Gasteiger charge is -2.35. The van der Waals surface area contributed by atoms with E-state index in [-0.39, 0.29) is 5.91 Å². The van der Waals surface area contributed by atoms with Crippen molar-refractivity contribution in [1.29, 1.82) is 0 Å². The fourth-order valence-electron chi connectivity index (χ4n) is 2.39. The molecule has 0 aromatic carbocycles. The summed E-state index contributed by atoms with van der Waals surface area (Å²) in [5, 5.41) is 0. The second-order valence-corrected chi connectivity index (χ2v) is 5.07. The van der Waals surface area contributed by atoms with Gasteiger partial charge in [0.05, 0.1) is 6.42 Å². The number of hydrogen-bond acceptors (Lipinski definition) is 3. The molecule has 1 saturated heterocycles. The monoisotopic (exact) mass is 247 g/mol. The molecule has 0 aliphatic carbocycles. The molecule has 0 bridgehead atoms. The van der Waals surface area contributed by atoms with Gasteiger partial charge in [-0.25, -0.2) is 0 Å². The van der Waals surface area contributed by atoms with Gasteiger partial charge in [0.15, 0.2) is 0 Å². The molecule has 98 valence electrons. The Morgan fingerprint density at radius 1 is 1.39 bits per heavy atom. The Labute approximate surface area is 109 Å². The summed E-state index contributed by atoms with van der Waals surface area (Å²) in [4.78, 5) is 20.4. The maximum atomic E-state index is 12.2. The summed E-state index contributed by atoms with van der Waals surface area (Å²) in [6.07, 6.45) is 6.10. The molecule has 1 amide bonds. The number of piperidine rings is 1. The van der Waals surface area contributed by atoms with Gasteiger partial charge in [0.25, 0.3) is 0 Å². The summed E-state index contributed by atoms with van der Waals surface area (Å²) >= 11 is 0. The molecule has 1 aliphatic heterocycles. The first kappa shape index (κ1) is 13.0. The van der Waals surface area contributed by atoms with Crippen molar-refractivity contribution in [2.75, 3.05) is 27.2 Å². The molecular formula is C14H21N3O. The quantitative estimate of drug-likeness (QED) is 0.804. The SMILES string of the molecule is CN1CCC(N(C)C(=O)Cc2ccncc2)CC1. The predicted octanol–water partition coefficient (Wildman–Crippen LogP) is 1.18. The number of likely N-dealkylation sites (N-methyl/N-ethyl adjacent to an activating group) is 1. The molecule has 2 heterocycles. The maximum Gasteiger partial charge on any atom is 0.226 e. The van der Waals surface area contributed by atoms with E-state index < -0.39 is 0 Å². The van der Waals surface area contributed by atoms with Gasteiger partial charge in [-0.1, -0.05) is 0 Å². The number of rotatable bonds is 3. The van der Waals surface area contributed by atoms with Crippen LogP contribution in [0, 0.1) is 0 Å². The Balaban J connectivity index is 1.89. The fraction of sp³-hybridized carbons (Fsp3) is 0.571. The van der Waals surface area contributed by atoms with E-state index in [0.29, 0.717) is 12.5 Å². The average Bonchev–Trinajstić information content (AvgIpc) is 2.40. The van der Waals surface area contributed by atoms with Crippen molar-refractivity contribution in [2.45, 2.75) is 25.3 Å². The van der Waals surface area contributed by atoms with Crippen LogP contribution in [0.3, 0.4) is 0 Å².